The second-order valence-corrected chi connectivity index (χ2v) is 7.23. The van der Waals surface area contributed by atoms with Crippen LogP contribution in [0.15, 0.2) is 36.4 Å². The highest BCUT2D eigenvalue weighted by atomic mass is 19.2. The average molecular weight is 388 g/mol. The molecule has 0 fully saturated rings. The monoisotopic (exact) mass is 388 g/mol. The second kappa shape index (κ2) is 7.12. The molecule has 0 aromatic heterocycles. The smallest absolute Gasteiger partial charge is 0.201 e. The summed E-state index contributed by atoms with van der Waals surface area (Å²) in [6, 6.07) is 6.12. The van der Waals surface area contributed by atoms with E-state index in [1.54, 1.807) is 19.1 Å². The lowest BCUT2D eigenvalue weighted by Crippen LogP contribution is -2.09. The molecule has 28 heavy (non-hydrogen) atoms. The second-order valence-electron chi connectivity index (χ2n) is 7.23. The summed E-state index contributed by atoms with van der Waals surface area (Å²) in [4.78, 5) is 0. The van der Waals surface area contributed by atoms with Crippen molar-refractivity contribution in [3.8, 4) is 5.75 Å². The van der Waals surface area contributed by atoms with Gasteiger partial charge in [-0.1, -0.05) is 24.3 Å². The van der Waals surface area contributed by atoms with Crippen LogP contribution in [0.4, 0.5) is 17.6 Å². The van der Waals surface area contributed by atoms with Crippen molar-refractivity contribution in [2.24, 2.45) is 11.8 Å². The van der Waals surface area contributed by atoms with E-state index in [1.807, 2.05) is 12.2 Å². The number of halogens is 4. The fourth-order valence-corrected chi connectivity index (χ4v) is 4.34. The van der Waals surface area contributed by atoms with Crippen LogP contribution in [0.3, 0.4) is 0 Å². The molecule has 2 aliphatic carbocycles. The molecule has 0 spiro atoms. The predicted molar refractivity (Wildman–Crippen MR) is 101 cm³/mol. The number of hydrogen-bond acceptors (Lipinski definition) is 1. The van der Waals surface area contributed by atoms with Gasteiger partial charge in [0.15, 0.2) is 23.2 Å². The molecule has 5 heteroatoms. The molecule has 2 aromatic carbocycles. The summed E-state index contributed by atoms with van der Waals surface area (Å²) >= 11 is 0. The molecule has 0 bridgehead atoms. The van der Waals surface area contributed by atoms with E-state index in [4.69, 9.17) is 4.74 Å². The molecule has 1 nitrogen and oxygen atoms in total. The molecule has 0 heterocycles. The number of rotatable bonds is 4. The molecule has 0 amide bonds. The van der Waals surface area contributed by atoms with Crippen LogP contribution in [-0.2, 0) is 0 Å². The molecule has 4 rings (SSSR count). The van der Waals surface area contributed by atoms with E-state index in [1.165, 1.54) is 19.1 Å². The first-order valence-electron chi connectivity index (χ1n) is 9.40. The maximum atomic E-state index is 14.7. The first-order chi connectivity index (χ1) is 13.4. The summed E-state index contributed by atoms with van der Waals surface area (Å²) < 4.78 is 62.5. The van der Waals surface area contributed by atoms with Gasteiger partial charge in [-0.2, -0.15) is 4.39 Å². The van der Waals surface area contributed by atoms with Gasteiger partial charge < -0.3 is 4.74 Å². The predicted octanol–water partition coefficient (Wildman–Crippen LogP) is 6.46. The van der Waals surface area contributed by atoms with Crippen LogP contribution in [0.1, 0.15) is 36.5 Å². The van der Waals surface area contributed by atoms with Gasteiger partial charge in [0.2, 0.25) is 5.82 Å². The minimum atomic E-state index is -0.999. The molecule has 2 atom stereocenters. The van der Waals surface area contributed by atoms with Gasteiger partial charge in [0.1, 0.15) is 0 Å². The number of allylic oxidation sites excluding steroid dienone is 4. The number of benzene rings is 2. The molecule has 0 aliphatic heterocycles. The van der Waals surface area contributed by atoms with Gasteiger partial charge in [0.05, 0.1) is 6.61 Å². The van der Waals surface area contributed by atoms with Gasteiger partial charge in [-0.15, -0.1) is 0 Å². The van der Waals surface area contributed by atoms with Crippen molar-refractivity contribution in [3.05, 3.63) is 76.4 Å². The SMILES string of the molecule is CCOc1ccc(C2=CCC3C(c4ccc(C)c(F)c4F)=CCC23)c(F)c1F. The fraction of sp³-hybridized carbons (Fsp3) is 0.304. The van der Waals surface area contributed by atoms with Crippen molar-refractivity contribution in [2.45, 2.75) is 26.7 Å². The van der Waals surface area contributed by atoms with Crippen LogP contribution >= 0.6 is 0 Å². The minimum Gasteiger partial charge on any atom is -0.491 e. The molecule has 0 saturated carbocycles. The van der Waals surface area contributed by atoms with Crippen molar-refractivity contribution in [3.63, 3.8) is 0 Å². The van der Waals surface area contributed by atoms with Crippen LogP contribution in [0, 0.1) is 42.0 Å². The third kappa shape index (κ3) is 2.84. The third-order valence-corrected chi connectivity index (χ3v) is 5.71. The lowest BCUT2D eigenvalue weighted by atomic mass is 9.85. The molecule has 0 radical (unpaired) electrons. The van der Waals surface area contributed by atoms with Crippen LogP contribution < -0.4 is 4.74 Å². The van der Waals surface area contributed by atoms with E-state index in [0.717, 1.165) is 5.57 Å². The Balaban J connectivity index is 1.64. The van der Waals surface area contributed by atoms with E-state index in [2.05, 4.69) is 0 Å². The Bertz CT molecular complexity index is 1010. The van der Waals surface area contributed by atoms with Crippen molar-refractivity contribution >= 4 is 11.1 Å². The van der Waals surface area contributed by atoms with Crippen LogP contribution in [0.25, 0.3) is 11.1 Å². The Hall–Kier alpha value is -2.56. The molecule has 0 saturated heterocycles. The van der Waals surface area contributed by atoms with Gasteiger partial charge in [0, 0.05) is 11.1 Å². The zero-order valence-corrected chi connectivity index (χ0v) is 15.7. The van der Waals surface area contributed by atoms with E-state index < -0.39 is 23.3 Å². The number of fused-ring (bicyclic) bond motifs is 1. The fourth-order valence-electron chi connectivity index (χ4n) is 4.34. The normalized spacial score (nSPS) is 20.8. The van der Waals surface area contributed by atoms with E-state index in [9.17, 15) is 17.6 Å². The zero-order chi connectivity index (χ0) is 20.0. The molecule has 0 N–H and O–H groups in total. The van der Waals surface area contributed by atoms with Gasteiger partial charge in [-0.25, -0.2) is 13.2 Å². The first-order valence-corrected chi connectivity index (χ1v) is 9.40. The molecule has 2 aromatic rings. The topological polar surface area (TPSA) is 9.23 Å². The van der Waals surface area contributed by atoms with E-state index in [0.29, 0.717) is 18.4 Å². The Labute approximate surface area is 161 Å². The lowest BCUT2D eigenvalue weighted by molar-refractivity contribution is 0.314. The van der Waals surface area contributed by atoms with Crippen molar-refractivity contribution < 1.29 is 22.3 Å². The van der Waals surface area contributed by atoms with E-state index >= 15 is 0 Å². The van der Waals surface area contributed by atoms with Crippen molar-refractivity contribution in [1.82, 2.24) is 0 Å². The lowest BCUT2D eigenvalue weighted by Gasteiger charge is -2.20. The van der Waals surface area contributed by atoms with Gasteiger partial charge in [0.25, 0.3) is 0 Å². The minimum absolute atomic E-state index is 0.0689. The van der Waals surface area contributed by atoms with Gasteiger partial charge >= 0.3 is 0 Å². The molecule has 146 valence electrons. The molecular weight excluding hydrogens is 368 g/mol. The van der Waals surface area contributed by atoms with E-state index in [-0.39, 0.29) is 40.9 Å². The molecule has 2 aliphatic rings. The van der Waals surface area contributed by atoms with Crippen molar-refractivity contribution in [1.29, 1.82) is 0 Å². The quantitative estimate of drug-likeness (QED) is 0.547. The average Bonchev–Trinajstić information content (AvgIpc) is 3.27. The standard InChI is InChI=1S/C23H20F4O/c1-3-28-19-11-10-18(22(26)23(19)27)16-9-7-13-14(16)6-8-15(13)17-5-4-12(2)20(24)21(17)25/h4-5,8-11,13-14H,3,6-7H2,1-2H3. The van der Waals surface area contributed by atoms with Crippen LogP contribution in [-0.4, -0.2) is 6.61 Å². The summed E-state index contributed by atoms with van der Waals surface area (Å²) in [6.45, 7) is 3.47. The number of aryl methyl sites for hydroxylation is 1. The zero-order valence-electron chi connectivity index (χ0n) is 15.7. The maximum Gasteiger partial charge on any atom is 0.201 e. The first kappa shape index (κ1) is 18.8. The number of hydrogen-bond donors (Lipinski definition) is 0. The molecule has 2 unspecified atom stereocenters. The Morgan fingerprint density at radius 3 is 1.89 bits per heavy atom. The largest absolute Gasteiger partial charge is 0.491 e. The van der Waals surface area contributed by atoms with Gasteiger partial charge in [-0.05, 0) is 67.4 Å². The highest BCUT2D eigenvalue weighted by Gasteiger charge is 2.39. The van der Waals surface area contributed by atoms with Crippen LogP contribution in [0.5, 0.6) is 5.75 Å². The summed E-state index contributed by atoms with van der Waals surface area (Å²) in [5.41, 5.74) is 2.17. The Morgan fingerprint density at radius 2 is 1.32 bits per heavy atom. The highest BCUT2D eigenvalue weighted by molar-refractivity contribution is 5.80. The Kier molecular flexibility index (Phi) is 4.77. The third-order valence-electron chi connectivity index (χ3n) is 5.71. The Morgan fingerprint density at radius 1 is 0.786 bits per heavy atom. The summed E-state index contributed by atoms with van der Waals surface area (Å²) in [5, 5.41) is 0. The summed E-state index contributed by atoms with van der Waals surface area (Å²) in [5.74, 6) is -3.88. The summed E-state index contributed by atoms with van der Waals surface area (Å²) in [7, 11) is 0. The van der Waals surface area contributed by atoms with Crippen molar-refractivity contribution in [2.75, 3.05) is 6.61 Å². The highest BCUT2D eigenvalue weighted by Crippen LogP contribution is 2.52. The molecular formula is C23H20F4O. The van der Waals surface area contributed by atoms with Gasteiger partial charge in [-0.3, -0.25) is 0 Å². The summed E-state index contributed by atoms with van der Waals surface area (Å²) in [6.07, 6.45) is 4.92. The van der Waals surface area contributed by atoms with Crippen LogP contribution in [0.2, 0.25) is 0 Å². The maximum absolute atomic E-state index is 14.7. The number of ether oxygens (including phenoxy) is 1.